The summed E-state index contributed by atoms with van der Waals surface area (Å²) >= 11 is 0. The normalized spacial score (nSPS) is 19.5. The van der Waals surface area contributed by atoms with E-state index in [1.807, 2.05) is 25.5 Å². The number of aromatic nitrogens is 4. The summed E-state index contributed by atoms with van der Waals surface area (Å²) in [7, 11) is -3.02. The quantitative estimate of drug-likeness (QED) is 0.848. The van der Waals surface area contributed by atoms with Crippen LogP contribution >= 0.6 is 0 Å². The first-order chi connectivity index (χ1) is 11.3. The van der Waals surface area contributed by atoms with Crippen LogP contribution in [0.5, 0.6) is 0 Å². The Balaban J connectivity index is 1.79. The Bertz CT molecular complexity index is 881. The van der Waals surface area contributed by atoms with Crippen molar-refractivity contribution >= 4 is 15.7 Å². The molecule has 8 nitrogen and oxygen atoms in total. The molecule has 3 rings (SSSR count). The Morgan fingerprint density at radius 1 is 1.46 bits per heavy atom. The van der Waals surface area contributed by atoms with E-state index in [2.05, 4.69) is 20.6 Å². The molecule has 0 spiro atoms. The smallest absolute Gasteiger partial charge is 0.269 e. The van der Waals surface area contributed by atoms with E-state index in [-0.39, 0.29) is 23.5 Å². The number of nitrogens with zero attached hydrogens (tertiary/aromatic N) is 3. The van der Waals surface area contributed by atoms with Gasteiger partial charge in [-0.05, 0) is 33.3 Å². The molecule has 0 saturated carbocycles. The monoisotopic (exact) mass is 351 g/mol. The first-order valence-corrected chi connectivity index (χ1v) is 9.74. The van der Waals surface area contributed by atoms with Gasteiger partial charge in [-0.3, -0.25) is 14.6 Å². The second-order valence-corrected chi connectivity index (χ2v) is 8.33. The molecule has 1 aliphatic heterocycles. The molecule has 0 radical (unpaired) electrons. The maximum Gasteiger partial charge on any atom is 0.269 e. The minimum atomic E-state index is -3.02. The summed E-state index contributed by atoms with van der Waals surface area (Å²) in [5.74, 6) is -0.212. The molecule has 0 aliphatic carbocycles. The maximum atomic E-state index is 12.3. The highest BCUT2D eigenvalue weighted by Gasteiger charge is 2.29. The van der Waals surface area contributed by atoms with E-state index in [1.165, 1.54) is 0 Å². The third-order valence-corrected chi connectivity index (χ3v) is 6.10. The third-order valence-electron chi connectivity index (χ3n) is 4.33. The zero-order valence-corrected chi connectivity index (χ0v) is 14.8. The summed E-state index contributed by atoms with van der Waals surface area (Å²) in [6.45, 7) is 6.66. The predicted octanol–water partition coefficient (Wildman–Crippen LogP) is 0.827. The first kappa shape index (κ1) is 16.7. The molecule has 9 heteroatoms. The fourth-order valence-electron chi connectivity index (χ4n) is 3.11. The standard InChI is InChI=1S/C15H21N5O3S/c1-4-20-10(3)14(9(2)19-20)12-7-13(18-17-12)15(21)16-11-5-6-24(22,23)8-11/h7,11H,4-6,8H2,1-3H3,(H,16,21)(H,17,18)/t11-/m0/s1. The fourth-order valence-corrected chi connectivity index (χ4v) is 4.79. The van der Waals surface area contributed by atoms with Crippen molar-refractivity contribution in [3.05, 3.63) is 23.1 Å². The van der Waals surface area contributed by atoms with Crippen molar-refractivity contribution in [2.24, 2.45) is 0 Å². The van der Waals surface area contributed by atoms with Crippen LogP contribution in [0, 0.1) is 13.8 Å². The van der Waals surface area contributed by atoms with E-state index in [4.69, 9.17) is 0 Å². The molecule has 3 heterocycles. The van der Waals surface area contributed by atoms with Crippen molar-refractivity contribution in [2.45, 2.75) is 39.8 Å². The van der Waals surface area contributed by atoms with Crippen molar-refractivity contribution in [3.8, 4) is 11.3 Å². The lowest BCUT2D eigenvalue weighted by Crippen LogP contribution is -2.35. The van der Waals surface area contributed by atoms with Gasteiger partial charge in [0.1, 0.15) is 5.69 Å². The van der Waals surface area contributed by atoms with E-state index >= 15 is 0 Å². The molecule has 24 heavy (non-hydrogen) atoms. The van der Waals surface area contributed by atoms with Gasteiger partial charge in [0.2, 0.25) is 0 Å². The highest BCUT2D eigenvalue weighted by atomic mass is 32.2. The van der Waals surface area contributed by atoms with Crippen molar-refractivity contribution in [2.75, 3.05) is 11.5 Å². The van der Waals surface area contributed by atoms with Crippen LogP contribution in [0.15, 0.2) is 6.07 Å². The van der Waals surface area contributed by atoms with Gasteiger partial charge in [-0.2, -0.15) is 10.2 Å². The lowest BCUT2D eigenvalue weighted by atomic mass is 10.1. The van der Waals surface area contributed by atoms with E-state index in [0.29, 0.717) is 17.8 Å². The largest absolute Gasteiger partial charge is 0.347 e. The maximum absolute atomic E-state index is 12.3. The number of aryl methyl sites for hydroxylation is 2. The Hall–Kier alpha value is -2.16. The number of sulfone groups is 1. The average molecular weight is 351 g/mol. The first-order valence-electron chi connectivity index (χ1n) is 7.92. The van der Waals surface area contributed by atoms with Crippen molar-refractivity contribution in [1.29, 1.82) is 0 Å². The molecule has 1 atom stereocenters. The number of hydrogen-bond donors (Lipinski definition) is 2. The van der Waals surface area contributed by atoms with Gasteiger partial charge in [0.15, 0.2) is 9.84 Å². The second kappa shape index (κ2) is 6.04. The Labute approximate surface area is 140 Å². The Morgan fingerprint density at radius 2 is 2.21 bits per heavy atom. The summed E-state index contributed by atoms with van der Waals surface area (Å²) in [4.78, 5) is 12.3. The average Bonchev–Trinajstić information content (AvgIpc) is 3.17. The van der Waals surface area contributed by atoms with Crippen LogP contribution in [0.25, 0.3) is 11.3 Å². The van der Waals surface area contributed by atoms with Crippen LogP contribution in [-0.4, -0.2) is 51.9 Å². The summed E-state index contributed by atoms with van der Waals surface area (Å²) in [5.41, 5.74) is 3.74. The van der Waals surface area contributed by atoms with Gasteiger partial charge in [0, 0.05) is 23.8 Å². The highest BCUT2D eigenvalue weighted by molar-refractivity contribution is 7.91. The van der Waals surface area contributed by atoms with Crippen LogP contribution in [-0.2, 0) is 16.4 Å². The van der Waals surface area contributed by atoms with E-state index in [1.54, 1.807) is 6.07 Å². The van der Waals surface area contributed by atoms with Gasteiger partial charge in [0.25, 0.3) is 5.91 Å². The molecule has 130 valence electrons. The molecule has 1 amide bonds. The SMILES string of the molecule is CCn1nc(C)c(-c2cc(C(=O)N[C@H]3CCS(=O)(=O)C3)[nH]n2)c1C. The minimum Gasteiger partial charge on any atom is -0.347 e. The van der Waals surface area contributed by atoms with E-state index < -0.39 is 9.84 Å². The topological polar surface area (TPSA) is 110 Å². The van der Waals surface area contributed by atoms with Crippen molar-refractivity contribution < 1.29 is 13.2 Å². The molecule has 1 aliphatic rings. The molecular formula is C15H21N5O3S. The number of nitrogens with one attached hydrogen (secondary N) is 2. The van der Waals surface area contributed by atoms with Gasteiger partial charge in [0.05, 0.1) is 22.9 Å². The second-order valence-electron chi connectivity index (χ2n) is 6.10. The molecule has 0 unspecified atom stereocenters. The van der Waals surface area contributed by atoms with Crippen LogP contribution in [0.3, 0.4) is 0 Å². The summed E-state index contributed by atoms with van der Waals surface area (Å²) < 4.78 is 24.8. The third kappa shape index (κ3) is 3.08. The van der Waals surface area contributed by atoms with E-state index in [0.717, 1.165) is 23.5 Å². The molecular weight excluding hydrogens is 330 g/mol. The fraction of sp³-hybridized carbons (Fsp3) is 0.533. The van der Waals surface area contributed by atoms with Crippen LogP contribution in [0.2, 0.25) is 0 Å². The van der Waals surface area contributed by atoms with Gasteiger partial charge in [-0.15, -0.1) is 0 Å². The van der Waals surface area contributed by atoms with Crippen LogP contribution in [0.4, 0.5) is 0 Å². The number of amides is 1. The summed E-state index contributed by atoms with van der Waals surface area (Å²) in [6, 6.07) is 1.34. The summed E-state index contributed by atoms with van der Waals surface area (Å²) in [6.07, 6.45) is 0.455. The van der Waals surface area contributed by atoms with Crippen molar-refractivity contribution in [1.82, 2.24) is 25.3 Å². The van der Waals surface area contributed by atoms with Gasteiger partial charge in [-0.1, -0.05) is 0 Å². The molecule has 1 fully saturated rings. The van der Waals surface area contributed by atoms with E-state index in [9.17, 15) is 13.2 Å². The minimum absolute atomic E-state index is 0.00121. The lowest BCUT2D eigenvalue weighted by molar-refractivity contribution is 0.0936. The summed E-state index contributed by atoms with van der Waals surface area (Å²) in [5, 5.41) is 14.2. The van der Waals surface area contributed by atoms with Crippen LogP contribution in [0.1, 0.15) is 35.2 Å². The number of H-pyrrole nitrogens is 1. The van der Waals surface area contributed by atoms with Crippen LogP contribution < -0.4 is 5.32 Å². The number of aromatic amines is 1. The van der Waals surface area contributed by atoms with Crippen molar-refractivity contribution in [3.63, 3.8) is 0 Å². The number of carbonyl (C=O) groups is 1. The molecule has 1 saturated heterocycles. The number of carbonyl (C=O) groups excluding carboxylic acids is 1. The number of hydrogen-bond acceptors (Lipinski definition) is 5. The van der Waals surface area contributed by atoms with Gasteiger partial charge < -0.3 is 5.32 Å². The molecule has 2 aromatic heterocycles. The zero-order valence-electron chi connectivity index (χ0n) is 14.0. The lowest BCUT2D eigenvalue weighted by Gasteiger charge is -2.08. The zero-order chi connectivity index (χ0) is 17.5. The highest BCUT2D eigenvalue weighted by Crippen LogP contribution is 2.25. The Kier molecular flexibility index (Phi) is 4.20. The Morgan fingerprint density at radius 3 is 2.79 bits per heavy atom. The molecule has 2 aromatic rings. The predicted molar refractivity (Wildman–Crippen MR) is 89.5 cm³/mol. The van der Waals surface area contributed by atoms with Gasteiger partial charge in [-0.25, -0.2) is 8.42 Å². The molecule has 0 bridgehead atoms. The van der Waals surface area contributed by atoms with Gasteiger partial charge >= 0.3 is 0 Å². The number of rotatable bonds is 4. The molecule has 0 aromatic carbocycles. The molecule has 2 N–H and O–H groups in total.